The largest absolute Gasteiger partial charge is 0.508 e. The molecular weight excluding hydrogens is 420 g/mol. The Kier molecular flexibility index (Phi) is 7.02. The molecule has 1 aromatic heterocycles. The fourth-order valence-corrected chi connectivity index (χ4v) is 5.90. The first-order valence-electron chi connectivity index (χ1n) is 13.0. The van der Waals surface area contributed by atoms with Crippen LogP contribution in [0.2, 0.25) is 0 Å². The molecular formula is C29H38N4O. The van der Waals surface area contributed by atoms with Gasteiger partial charge in [0.15, 0.2) is 0 Å². The summed E-state index contributed by atoms with van der Waals surface area (Å²) in [5, 5.41) is 11.5. The highest BCUT2D eigenvalue weighted by atomic mass is 16.3. The summed E-state index contributed by atoms with van der Waals surface area (Å²) in [6.45, 7) is 12.2. The number of phenolic OH excluding ortho intramolecular Hbond substituents is 1. The smallest absolute Gasteiger partial charge is 0.119 e. The second-order valence-electron chi connectivity index (χ2n) is 9.98. The van der Waals surface area contributed by atoms with Gasteiger partial charge in [-0.25, -0.2) is 0 Å². The molecule has 0 amide bonds. The topological polar surface area (TPSA) is 42.8 Å². The average molecular weight is 459 g/mol. The molecule has 5 rings (SSSR count). The van der Waals surface area contributed by atoms with Crippen LogP contribution in [0, 0.1) is 6.92 Å². The van der Waals surface area contributed by atoms with Gasteiger partial charge in [0, 0.05) is 62.6 Å². The molecule has 2 aromatic carbocycles. The normalized spacial score (nSPS) is 19.0. The molecule has 1 unspecified atom stereocenters. The number of anilines is 1. The van der Waals surface area contributed by atoms with E-state index in [9.17, 15) is 5.11 Å². The molecule has 5 heteroatoms. The van der Waals surface area contributed by atoms with Crippen LogP contribution in [-0.4, -0.2) is 71.7 Å². The molecule has 0 saturated carbocycles. The fraction of sp³-hybridized carbons (Fsp3) is 0.483. The minimum Gasteiger partial charge on any atom is -0.508 e. The minimum atomic E-state index is 0.480. The van der Waals surface area contributed by atoms with E-state index in [2.05, 4.69) is 63.9 Å². The summed E-state index contributed by atoms with van der Waals surface area (Å²) < 4.78 is 0. The Bertz CT molecular complexity index is 1120. The lowest BCUT2D eigenvalue weighted by molar-refractivity contribution is 0.145. The lowest BCUT2D eigenvalue weighted by atomic mass is 9.87. The third-order valence-electron chi connectivity index (χ3n) is 7.82. The number of aromatic hydroxyl groups is 1. The van der Waals surface area contributed by atoms with Crippen molar-refractivity contribution < 1.29 is 5.11 Å². The van der Waals surface area contributed by atoms with Crippen molar-refractivity contribution in [1.82, 2.24) is 14.8 Å². The summed E-state index contributed by atoms with van der Waals surface area (Å²) in [6.07, 6.45) is 6.28. The van der Waals surface area contributed by atoms with Crippen molar-refractivity contribution in [1.29, 1.82) is 0 Å². The van der Waals surface area contributed by atoms with Crippen molar-refractivity contribution in [3.05, 3.63) is 65.4 Å². The molecule has 5 nitrogen and oxygen atoms in total. The molecule has 1 aliphatic heterocycles. The van der Waals surface area contributed by atoms with Crippen LogP contribution in [0.3, 0.4) is 0 Å². The molecule has 1 N–H and O–H groups in total. The molecule has 2 heterocycles. The maximum Gasteiger partial charge on any atom is 0.119 e. The summed E-state index contributed by atoms with van der Waals surface area (Å²) in [7, 11) is 0. The lowest BCUT2D eigenvalue weighted by Gasteiger charge is -2.39. The Labute approximate surface area is 204 Å². The van der Waals surface area contributed by atoms with Crippen LogP contribution in [-0.2, 0) is 12.8 Å². The first-order valence-corrected chi connectivity index (χ1v) is 13.0. The lowest BCUT2D eigenvalue weighted by Crippen LogP contribution is -2.50. The van der Waals surface area contributed by atoms with E-state index in [1.165, 1.54) is 34.2 Å². The van der Waals surface area contributed by atoms with Gasteiger partial charge in [-0.3, -0.25) is 14.8 Å². The van der Waals surface area contributed by atoms with Gasteiger partial charge in [0.1, 0.15) is 5.75 Å². The third kappa shape index (κ3) is 4.77. The van der Waals surface area contributed by atoms with Gasteiger partial charge < -0.3 is 10.0 Å². The highest BCUT2D eigenvalue weighted by molar-refractivity contribution is 5.93. The van der Waals surface area contributed by atoms with E-state index in [0.29, 0.717) is 11.8 Å². The number of piperazine rings is 1. The van der Waals surface area contributed by atoms with Crippen molar-refractivity contribution >= 4 is 16.6 Å². The SMILES string of the molecule is CCCN(CCN1CCN(c2ccc(C)c3ncccc23)CC1)C1CCc2c(O)cccc2C1. The standard InChI is InChI=1S/C29H38N4O/c1-3-14-32(24-10-11-25-23(21-24)6-4-8-28(25)34)18-15-31-16-19-33(20-17-31)27-12-9-22(2)29-26(27)7-5-13-30-29/h4-9,12-13,24,34H,3,10-11,14-21H2,1-2H3. The predicted molar refractivity (Wildman–Crippen MR) is 141 cm³/mol. The number of phenols is 1. The summed E-state index contributed by atoms with van der Waals surface area (Å²) in [4.78, 5) is 12.5. The number of rotatable bonds is 7. The number of nitrogens with zero attached hydrogens (tertiary/aromatic N) is 4. The number of aryl methyl sites for hydroxylation is 1. The van der Waals surface area contributed by atoms with Gasteiger partial charge in [0.25, 0.3) is 0 Å². The van der Waals surface area contributed by atoms with Gasteiger partial charge in [-0.2, -0.15) is 0 Å². The summed E-state index contributed by atoms with van der Waals surface area (Å²) in [6, 6.07) is 15.4. The Morgan fingerprint density at radius 3 is 2.71 bits per heavy atom. The molecule has 1 aliphatic carbocycles. The summed E-state index contributed by atoms with van der Waals surface area (Å²) in [5.41, 5.74) is 6.20. The molecule has 1 saturated heterocycles. The molecule has 1 fully saturated rings. The van der Waals surface area contributed by atoms with Crippen LogP contribution < -0.4 is 4.90 Å². The van der Waals surface area contributed by atoms with Crippen molar-refractivity contribution in [2.45, 2.75) is 45.6 Å². The van der Waals surface area contributed by atoms with E-state index in [1.807, 2.05) is 18.3 Å². The molecule has 0 spiro atoms. The number of aromatic nitrogens is 1. The zero-order chi connectivity index (χ0) is 23.5. The number of fused-ring (bicyclic) bond motifs is 2. The molecule has 3 aromatic rings. The molecule has 0 bridgehead atoms. The molecule has 0 radical (unpaired) electrons. The number of hydrogen-bond acceptors (Lipinski definition) is 5. The zero-order valence-electron chi connectivity index (χ0n) is 20.7. The van der Waals surface area contributed by atoms with Crippen molar-refractivity contribution in [3.8, 4) is 5.75 Å². The quantitative estimate of drug-likeness (QED) is 0.559. The minimum absolute atomic E-state index is 0.480. The van der Waals surface area contributed by atoms with Crippen molar-refractivity contribution in [2.24, 2.45) is 0 Å². The summed E-state index contributed by atoms with van der Waals surface area (Å²) in [5.74, 6) is 0.480. The number of hydrogen-bond donors (Lipinski definition) is 1. The maximum atomic E-state index is 10.2. The van der Waals surface area contributed by atoms with Gasteiger partial charge in [-0.15, -0.1) is 0 Å². The number of benzene rings is 2. The van der Waals surface area contributed by atoms with E-state index in [0.717, 1.165) is 70.6 Å². The van der Waals surface area contributed by atoms with Crippen LogP contribution in [0.5, 0.6) is 5.75 Å². The number of pyridine rings is 1. The average Bonchev–Trinajstić information content (AvgIpc) is 2.87. The van der Waals surface area contributed by atoms with Gasteiger partial charge in [-0.05, 0) is 80.1 Å². The second kappa shape index (κ2) is 10.3. The van der Waals surface area contributed by atoms with Crippen LogP contribution in [0.15, 0.2) is 48.7 Å². The van der Waals surface area contributed by atoms with Gasteiger partial charge >= 0.3 is 0 Å². The van der Waals surface area contributed by atoms with Crippen molar-refractivity contribution in [2.75, 3.05) is 50.7 Å². The molecule has 180 valence electrons. The zero-order valence-corrected chi connectivity index (χ0v) is 20.7. The Hall–Kier alpha value is -2.63. The highest BCUT2D eigenvalue weighted by Gasteiger charge is 2.26. The van der Waals surface area contributed by atoms with Crippen molar-refractivity contribution in [3.63, 3.8) is 0 Å². The third-order valence-corrected chi connectivity index (χ3v) is 7.82. The first kappa shape index (κ1) is 23.1. The maximum absolute atomic E-state index is 10.2. The molecule has 34 heavy (non-hydrogen) atoms. The molecule has 2 aliphatic rings. The second-order valence-corrected chi connectivity index (χ2v) is 9.98. The highest BCUT2D eigenvalue weighted by Crippen LogP contribution is 2.31. The van der Waals surface area contributed by atoms with E-state index in [-0.39, 0.29) is 0 Å². The van der Waals surface area contributed by atoms with Crippen LogP contribution >= 0.6 is 0 Å². The monoisotopic (exact) mass is 458 g/mol. The Balaban J connectivity index is 1.18. The van der Waals surface area contributed by atoms with Gasteiger partial charge in [0.2, 0.25) is 0 Å². The van der Waals surface area contributed by atoms with Crippen LogP contribution in [0.4, 0.5) is 5.69 Å². The molecule has 1 atom stereocenters. The van der Waals surface area contributed by atoms with E-state index in [1.54, 1.807) is 0 Å². The van der Waals surface area contributed by atoms with E-state index in [4.69, 9.17) is 0 Å². The Morgan fingerprint density at radius 2 is 1.88 bits per heavy atom. The van der Waals surface area contributed by atoms with Crippen LogP contribution in [0.1, 0.15) is 36.5 Å². The van der Waals surface area contributed by atoms with E-state index < -0.39 is 0 Å². The van der Waals surface area contributed by atoms with E-state index >= 15 is 0 Å². The fourth-order valence-electron chi connectivity index (χ4n) is 5.90. The first-order chi connectivity index (χ1) is 16.6. The van der Waals surface area contributed by atoms with Crippen LogP contribution in [0.25, 0.3) is 10.9 Å². The summed E-state index contributed by atoms with van der Waals surface area (Å²) >= 11 is 0. The van der Waals surface area contributed by atoms with Gasteiger partial charge in [0.05, 0.1) is 5.52 Å². The Morgan fingerprint density at radius 1 is 1.03 bits per heavy atom. The van der Waals surface area contributed by atoms with Gasteiger partial charge in [-0.1, -0.05) is 25.1 Å². The predicted octanol–water partition coefficient (Wildman–Crippen LogP) is 4.64.